The molecule has 11 heteroatoms. The van der Waals surface area contributed by atoms with Crippen LogP contribution < -0.4 is 9.62 Å². The Balaban J connectivity index is 2.45. The fraction of sp³-hybridized carbons (Fsp3) is 0.391. The molecule has 0 aliphatic heterocycles. The van der Waals surface area contributed by atoms with Gasteiger partial charge in [-0.15, -0.1) is 0 Å². The topological polar surface area (TPSA) is 86.8 Å². The molecule has 34 heavy (non-hydrogen) atoms. The van der Waals surface area contributed by atoms with E-state index in [9.17, 15) is 18.0 Å². The number of benzene rings is 2. The molecule has 1 N–H and O–H groups in total. The Labute approximate surface area is 216 Å². The van der Waals surface area contributed by atoms with E-state index >= 15 is 0 Å². The zero-order valence-electron chi connectivity index (χ0n) is 19.6. The lowest BCUT2D eigenvalue weighted by Gasteiger charge is -2.33. The van der Waals surface area contributed by atoms with E-state index in [1.807, 2.05) is 20.8 Å². The second-order valence-corrected chi connectivity index (χ2v) is 12.1. The van der Waals surface area contributed by atoms with Crippen molar-refractivity contribution in [2.75, 3.05) is 17.1 Å². The summed E-state index contributed by atoms with van der Waals surface area (Å²) in [5, 5.41) is 3.71. The van der Waals surface area contributed by atoms with Gasteiger partial charge in [0.2, 0.25) is 21.8 Å². The molecule has 0 aliphatic rings. The maximum Gasteiger partial charge on any atom is 0.244 e. The van der Waals surface area contributed by atoms with Gasteiger partial charge in [0.05, 0.1) is 11.9 Å². The Morgan fingerprint density at radius 3 is 2.09 bits per heavy atom. The zero-order chi connectivity index (χ0) is 25.8. The Bertz CT molecular complexity index is 1150. The molecule has 7 nitrogen and oxygen atoms in total. The minimum atomic E-state index is -3.89. The average molecular weight is 549 g/mol. The van der Waals surface area contributed by atoms with Crippen molar-refractivity contribution < 1.29 is 18.0 Å². The molecule has 0 radical (unpaired) electrons. The van der Waals surface area contributed by atoms with Crippen molar-refractivity contribution in [2.45, 2.75) is 45.8 Å². The highest BCUT2D eigenvalue weighted by atomic mass is 35.5. The lowest BCUT2D eigenvalue weighted by atomic mass is 10.1. The van der Waals surface area contributed by atoms with Crippen molar-refractivity contribution in [1.29, 1.82) is 0 Å². The van der Waals surface area contributed by atoms with Crippen molar-refractivity contribution >= 4 is 62.3 Å². The van der Waals surface area contributed by atoms with Crippen molar-refractivity contribution in [1.82, 2.24) is 10.2 Å². The number of halogens is 3. The molecular weight excluding hydrogens is 521 g/mol. The second kappa shape index (κ2) is 11.2. The smallest absolute Gasteiger partial charge is 0.244 e. The number of sulfonamides is 1. The summed E-state index contributed by atoms with van der Waals surface area (Å²) in [7, 11) is -3.89. The monoisotopic (exact) mass is 547 g/mol. The van der Waals surface area contributed by atoms with Crippen LogP contribution in [0.4, 0.5) is 5.69 Å². The van der Waals surface area contributed by atoms with Crippen molar-refractivity contribution in [3.8, 4) is 0 Å². The molecule has 0 heterocycles. The van der Waals surface area contributed by atoms with Crippen LogP contribution in [0.25, 0.3) is 0 Å². The van der Waals surface area contributed by atoms with E-state index in [-0.39, 0.29) is 28.2 Å². The molecule has 0 aromatic heterocycles. The van der Waals surface area contributed by atoms with Gasteiger partial charge in [0.25, 0.3) is 0 Å². The fourth-order valence-corrected chi connectivity index (χ4v) is 4.71. The quantitative estimate of drug-likeness (QED) is 0.516. The van der Waals surface area contributed by atoms with Gasteiger partial charge >= 0.3 is 0 Å². The van der Waals surface area contributed by atoms with Gasteiger partial charge in [-0.1, -0.05) is 53.0 Å². The maximum absolute atomic E-state index is 13.5. The van der Waals surface area contributed by atoms with E-state index < -0.39 is 34.1 Å². The SMILES string of the molecule is C[C@H](C(=O)NC(C)(C)C)N(Cc1ccccc1Cl)C(=O)CN(c1cc(Cl)cc(Cl)c1)S(C)(=O)=O. The van der Waals surface area contributed by atoms with Crippen LogP contribution >= 0.6 is 34.8 Å². The third-order valence-electron chi connectivity index (χ3n) is 4.78. The molecule has 1 atom stereocenters. The number of hydrogen-bond donors (Lipinski definition) is 1. The van der Waals surface area contributed by atoms with Crippen LogP contribution in [0.1, 0.15) is 33.3 Å². The summed E-state index contributed by atoms with van der Waals surface area (Å²) in [5.74, 6) is -0.984. The first kappa shape index (κ1) is 28.2. The van der Waals surface area contributed by atoms with Gasteiger partial charge in [0, 0.05) is 27.2 Å². The zero-order valence-corrected chi connectivity index (χ0v) is 22.7. The summed E-state index contributed by atoms with van der Waals surface area (Å²) in [5.41, 5.74) is 0.225. The average Bonchev–Trinajstić information content (AvgIpc) is 2.67. The van der Waals surface area contributed by atoms with Gasteiger partial charge in [-0.2, -0.15) is 0 Å². The van der Waals surface area contributed by atoms with Crippen LogP contribution in [-0.4, -0.2) is 49.5 Å². The minimum Gasteiger partial charge on any atom is -0.350 e. The Morgan fingerprint density at radius 1 is 1.03 bits per heavy atom. The first-order valence-corrected chi connectivity index (χ1v) is 13.4. The van der Waals surface area contributed by atoms with E-state index in [0.29, 0.717) is 10.6 Å². The number of hydrogen-bond acceptors (Lipinski definition) is 4. The first-order chi connectivity index (χ1) is 15.6. The second-order valence-electron chi connectivity index (χ2n) is 8.93. The largest absolute Gasteiger partial charge is 0.350 e. The highest BCUT2D eigenvalue weighted by molar-refractivity contribution is 7.92. The highest BCUT2D eigenvalue weighted by Gasteiger charge is 2.31. The van der Waals surface area contributed by atoms with Crippen LogP contribution in [0.2, 0.25) is 15.1 Å². The van der Waals surface area contributed by atoms with Crippen LogP contribution in [0.3, 0.4) is 0 Å². The summed E-state index contributed by atoms with van der Waals surface area (Å²) < 4.78 is 26.1. The number of amides is 2. The van der Waals surface area contributed by atoms with Crippen molar-refractivity contribution in [3.63, 3.8) is 0 Å². The van der Waals surface area contributed by atoms with E-state index in [0.717, 1.165) is 10.6 Å². The van der Waals surface area contributed by atoms with Crippen LogP contribution in [0.5, 0.6) is 0 Å². The molecular formula is C23H28Cl3N3O4S. The maximum atomic E-state index is 13.5. The molecule has 2 amide bonds. The number of anilines is 1. The summed E-state index contributed by atoms with van der Waals surface area (Å²) >= 11 is 18.4. The molecule has 2 rings (SSSR count). The van der Waals surface area contributed by atoms with Gasteiger partial charge in [0.15, 0.2) is 0 Å². The van der Waals surface area contributed by atoms with Gasteiger partial charge in [-0.05, 0) is 57.5 Å². The molecule has 0 unspecified atom stereocenters. The number of nitrogens with zero attached hydrogens (tertiary/aromatic N) is 2. The number of rotatable bonds is 8. The molecule has 0 saturated heterocycles. The molecule has 0 spiro atoms. The summed E-state index contributed by atoms with van der Waals surface area (Å²) in [4.78, 5) is 27.7. The predicted molar refractivity (Wildman–Crippen MR) is 138 cm³/mol. The molecule has 0 bridgehead atoms. The summed E-state index contributed by atoms with van der Waals surface area (Å²) in [6.45, 7) is 6.50. The van der Waals surface area contributed by atoms with Gasteiger partial charge < -0.3 is 10.2 Å². The third kappa shape index (κ3) is 8.05. The molecule has 2 aromatic rings. The van der Waals surface area contributed by atoms with E-state index in [4.69, 9.17) is 34.8 Å². The fourth-order valence-electron chi connectivity index (χ4n) is 3.16. The van der Waals surface area contributed by atoms with Gasteiger partial charge in [-0.3, -0.25) is 13.9 Å². The molecule has 0 saturated carbocycles. The van der Waals surface area contributed by atoms with E-state index in [1.165, 1.54) is 23.1 Å². The molecule has 2 aromatic carbocycles. The highest BCUT2D eigenvalue weighted by Crippen LogP contribution is 2.27. The predicted octanol–water partition coefficient (Wildman–Crippen LogP) is 4.74. The summed E-state index contributed by atoms with van der Waals surface area (Å²) in [6.07, 6.45) is 0.975. The molecule has 0 aliphatic carbocycles. The standard InChI is InChI=1S/C23H28Cl3N3O4S/c1-15(22(31)27-23(2,3)4)28(13-16-8-6-7-9-20(16)26)21(30)14-29(34(5,32)33)19-11-17(24)10-18(25)12-19/h6-12,15H,13-14H2,1-5H3,(H,27,31)/t15-/m1/s1. The normalized spacial score (nSPS) is 12.7. The lowest BCUT2D eigenvalue weighted by molar-refractivity contribution is -0.140. The molecule has 0 fully saturated rings. The van der Waals surface area contributed by atoms with E-state index in [1.54, 1.807) is 31.2 Å². The third-order valence-corrected chi connectivity index (χ3v) is 6.72. The number of carbonyl (C=O) groups is 2. The van der Waals surface area contributed by atoms with Crippen LogP contribution in [0, 0.1) is 0 Å². The van der Waals surface area contributed by atoms with Crippen LogP contribution in [-0.2, 0) is 26.2 Å². The summed E-state index contributed by atoms with van der Waals surface area (Å²) in [6, 6.07) is 10.3. The Morgan fingerprint density at radius 2 is 1.59 bits per heavy atom. The van der Waals surface area contributed by atoms with Crippen molar-refractivity contribution in [3.05, 3.63) is 63.1 Å². The molecule has 186 valence electrons. The van der Waals surface area contributed by atoms with E-state index in [2.05, 4.69) is 5.32 Å². The minimum absolute atomic E-state index is 0.00510. The Hall–Kier alpha value is -2.00. The number of nitrogens with one attached hydrogen (secondary N) is 1. The first-order valence-electron chi connectivity index (χ1n) is 10.4. The van der Waals surface area contributed by atoms with Gasteiger partial charge in [-0.25, -0.2) is 8.42 Å². The Kier molecular flexibility index (Phi) is 9.27. The van der Waals surface area contributed by atoms with Crippen LogP contribution in [0.15, 0.2) is 42.5 Å². The van der Waals surface area contributed by atoms with Crippen molar-refractivity contribution in [2.24, 2.45) is 0 Å². The lowest BCUT2D eigenvalue weighted by Crippen LogP contribution is -2.54. The van der Waals surface area contributed by atoms with Gasteiger partial charge in [0.1, 0.15) is 12.6 Å². The number of carbonyl (C=O) groups excluding carboxylic acids is 2.